The largest absolute Gasteiger partial charge is 0.0843 e. The monoisotopic (exact) mass is 166 g/mol. The topological polar surface area (TPSA) is 0 Å². The van der Waals surface area contributed by atoms with Gasteiger partial charge >= 0.3 is 0 Å². The average molecular weight is 166 g/mol. The van der Waals surface area contributed by atoms with Crippen molar-refractivity contribution in [2.75, 3.05) is 0 Å². The summed E-state index contributed by atoms with van der Waals surface area (Å²) in [6.07, 6.45) is 13.0. The van der Waals surface area contributed by atoms with E-state index >= 15 is 0 Å². The molecule has 0 radical (unpaired) electrons. The fourth-order valence-corrected chi connectivity index (χ4v) is 1.15. The summed E-state index contributed by atoms with van der Waals surface area (Å²) in [6.45, 7) is 6.64. The zero-order chi connectivity index (χ0) is 9.23. The normalized spacial score (nSPS) is 12.8. The van der Waals surface area contributed by atoms with Crippen molar-refractivity contribution in [2.24, 2.45) is 0 Å². The summed E-state index contributed by atoms with van der Waals surface area (Å²) >= 11 is 0. The lowest BCUT2D eigenvalue weighted by molar-refractivity contribution is 0.814. The molecule has 0 nitrogen and oxygen atoms in total. The maximum absolute atomic E-state index is 2.31. The second-order valence-corrected chi connectivity index (χ2v) is 3.09. The zero-order valence-electron chi connectivity index (χ0n) is 8.77. The zero-order valence-corrected chi connectivity index (χ0v) is 8.77. The first-order valence-electron chi connectivity index (χ1n) is 5.20. The van der Waals surface area contributed by atoms with E-state index in [-0.39, 0.29) is 0 Å². The molecular weight excluding hydrogens is 144 g/mol. The number of unbranched alkanes of at least 4 members (excludes halogenated alkanes) is 2. The molecule has 0 aliphatic heterocycles. The molecule has 0 N–H and O–H groups in total. The van der Waals surface area contributed by atoms with Crippen molar-refractivity contribution in [1.29, 1.82) is 0 Å². The third-order valence-electron chi connectivity index (χ3n) is 1.93. The van der Waals surface area contributed by atoms with Gasteiger partial charge in [-0.05, 0) is 19.3 Å². The van der Waals surface area contributed by atoms with Crippen LogP contribution in [0.3, 0.4) is 0 Å². The van der Waals surface area contributed by atoms with Crippen LogP contribution in [0.1, 0.15) is 52.9 Å². The molecule has 0 atom stereocenters. The fraction of sp³-hybridized carbons (Fsp3) is 0.667. The van der Waals surface area contributed by atoms with Crippen molar-refractivity contribution in [3.8, 4) is 0 Å². The molecule has 0 bridgehead atoms. The maximum atomic E-state index is 2.31. The van der Waals surface area contributed by atoms with Gasteiger partial charge in [-0.25, -0.2) is 0 Å². The van der Waals surface area contributed by atoms with E-state index in [2.05, 4.69) is 39.0 Å². The maximum Gasteiger partial charge on any atom is -0.0311 e. The molecule has 0 rings (SSSR count). The molecule has 0 fully saturated rings. The summed E-state index contributed by atoms with van der Waals surface area (Å²) in [5.41, 5.74) is 1.48. The molecule has 0 aromatic carbocycles. The highest BCUT2D eigenvalue weighted by Gasteiger charge is 1.85. The van der Waals surface area contributed by atoms with Gasteiger partial charge < -0.3 is 0 Å². The Hall–Kier alpha value is -0.520. The van der Waals surface area contributed by atoms with Crippen molar-refractivity contribution in [2.45, 2.75) is 52.9 Å². The van der Waals surface area contributed by atoms with Gasteiger partial charge in [0, 0.05) is 0 Å². The highest BCUT2D eigenvalue weighted by Crippen LogP contribution is 2.05. The van der Waals surface area contributed by atoms with Crippen LogP contribution in [-0.4, -0.2) is 0 Å². The van der Waals surface area contributed by atoms with Gasteiger partial charge in [0.25, 0.3) is 0 Å². The van der Waals surface area contributed by atoms with E-state index < -0.39 is 0 Å². The molecule has 70 valence electrons. The quantitative estimate of drug-likeness (QED) is 0.403. The standard InChI is InChI=1S/C12H22/c1-4-7-8-9-11-12(6-3)10-5-2/h9-11H,4-8H2,1-3H3/b11-9+,12-10+. The van der Waals surface area contributed by atoms with Crippen LogP contribution in [0.15, 0.2) is 23.8 Å². The first kappa shape index (κ1) is 11.5. The highest BCUT2D eigenvalue weighted by atomic mass is 13.9. The average Bonchev–Trinajstić information content (AvgIpc) is 2.10. The van der Waals surface area contributed by atoms with Gasteiger partial charge in [0.1, 0.15) is 0 Å². The van der Waals surface area contributed by atoms with E-state index in [9.17, 15) is 0 Å². The first-order valence-corrected chi connectivity index (χ1v) is 5.20. The van der Waals surface area contributed by atoms with Crippen LogP contribution in [0.2, 0.25) is 0 Å². The van der Waals surface area contributed by atoms with Crippen LogP contribution < -0.4 is 0 Å². The van der Waals surface area contributed by atoms with Gasteiger partial charge in [-0.3, -0.25) is 0 Å². The number of hydrogen-bond acceptors (Lipinski definition) is 0. The van der Waals surface area contributed by atoms with Crippen molar-refractivity contribution in [3.05, 3.63) is 23.8 Å². The van der Waals surface area contributed by atoms with E-state index in [1.54, 1.807) is 0 Å². The summed E-state index contributed by atoms with van der Waals surface area (Å²) in [6, 6.07) is 0. The lowest BCUT2D eigenvalue weighted by Gasteiger charge is -1.95. The Labute approximate surface area is 77.4 Å². The lowest BCUT2D eigenvalue weighted by Crippen LogP contribution is -1.74. The highest BCUT2D eigenvalue weighted by molar-refractivity contribution is 5.17. The van der Waals surface area contributed by atoms with Crippen LogP contribution in [-0.2, 0) is 0 Å². The molecule has 0 unspecified atom stereocenters. The third kappa shape index (κ3) is 6.21. The van der Waals surface area contributed by atoms with E-state index in [0.29, 0.717) is 0 Å². The molecule has 0 aliphatic carbocycles. The Morgan fingerprint density at radius 1 is 1.17 bits per heavy atom. The predicted octanol–water partition coefficient (Wildman–Crippen LogP) is 4.48. The van der Waals surface area contributed by atoms with Gasteiger partial charge in [-0.2, -0.15) is 0 Å². The van der Waals surface area contributed by atoms with Gasteiger partial charge in [-0.1, -0.05) is 57.4 Å². The lowest BCUT2D eigenvalue weighted by atomic mass is 10.1. The third-order valence-corrected chi connectivity index (χ3v) is 1.93. The van der Waals surface area contributed by atoms with Gasteiger partial charge in [0.15, 0.2) is 0 Å². The minimum atomic E-state index is 1.15. The Morgan fingerprint density at radius 2 is 1.92 bits per heavy atom. The molecule has 0 aromatic rings. The smallest absolute Gasteiger partial charge is 0.0311 e. The van der Waals surface area contributed by atoms with E-state index in [4.69, 9.17) is 0 Å². The molecule has 0 aliphatic rings. The fourth-order valence-electron chi connectivity index (χ4n) is 1.15. The van der Waals surface area contributed by atoms with Gasteiger partial charge in [0.05, 0.1) is 0 Å². The van der Waals surface area contributed by atoms with E-state index in [1.807, 2.05) is 0 Å². The summed E-state index contributed by atoms with van der Waals surface area (Å²) in [4.78, 5) is 0. The molecule has 0 spiro atoms. The molecular formula is C12H22. The van der Waals surface area contributed by atoms with Crippen LogP contribution in [0.4, 0.5) is 0 Å². The minimum absolute atomic E-state index is 1.15. The Morgan fingerprint density at radius 3 is 2.42 bits per heavy atom. The minimum Gasteiger partial charge on any atom is -0.0843 e. The number of hydrogen-bond donors (Lipinski definition) is 0. The second-order valence-electron chi connectivity index (χ2n) is 3.09. The van der Waals surface area contributed by atoms with Crippen molar-refractivity contribution >= 4 is 0 Å². The SMILES string of the molecule is CC/C=C(/C=C/CCCC)CC. The molecule has 0 heterocycles. The Balaban J connectivity index is 3.69. The number of allylic oxidation sites excluding steroid dienone is 4. The molecule has 0 heteroatoms. The Kier molecular flexibility index (Phi) is 8.20. The van der Waals surface area contributed by atoms with Crippen molar-refractivity contribution in [1.82, 2.24) is 0 Å². The molecule has 0 amide bonds. The second kappa shape index (κ2) is 8.58. The Bertz CT molecular complexity index is 140. The van der Waals surface area contributed by atoms with E-state index in [0.717, 1.165) is 12.8 Å². The molecule has 0 saturated carbocycles. The van der Waals surface area contributed by atoms with E-state index in [1.165, 1.54) is 24.8 Å². The van der Waals surface area contributed by atoms with Crippen LogP contribution >= 0.6 is 0 Å². The summed E-state index contributed by atoms with van der Waals surface area (Å²) in [5.74, 6) is 0. The first-order chi connectivity index (χ1) is 5.85. The molecule has 0 saturated heterocycles. The summed E-state index contributed by atoms with van der Waals surface area (Å²) in [7, 11) is 0. The summed E-state index contributed by atoms with van der Waals surface area (Å²) in [5, 5.41) is 0. The summed E-state index contributed by atoms with van der Waals surface area (Å²) < 4.78 is 0. The van der Waals surface area contributed by atoms with Crippen LogP contribution in [0.25, 0.3) is 0 Å². The van der Waals surface area contributed by atoms with Crippen molar-refractivity contribution in [3.63, 3.8) is 0 Å². The van der Waals surface area contributed by atoms with Gasteiger partial charge in [-0.15, -0.1) is 0 Å². The molecule has 0 aromatic heterocycles. The van der Waals surface area contributed by atoms with Crippen molar-refractivity contribution < 1.29 is 0 Å². The van der Waals surface area contributed by atoms with Crippen LogP contribution in [0.5, 0.6) is 0 Å². The van der Waals surface area contributed by atoms with Crippen LogP contribution in [0, 0.1) is 0 Å². The van der Waals surface area contributed by atoms with Gasteiger partial charge in [0.2, 0.25) is 0 Å². The number of rotatable bonds is 6. The predicted molar refractivity (Wildman–Crippen MR) is 57.3 cm³/mol. The molecule has 12 heavy (non-hydrogen) atoms.